The van der Waals surface area contributed by atoms with E-state index in [0.717, 1.165) is 6.42 Å². The summed E-state index contributed by atoms with van der Waals surface area (Å²) in [5.74, 6) is 5.77. The van der Waals surface area contributed by atoms with Gasteiger partial charge in [0.25, 0.3) is 0 Å². The average Bonchev–Trinajstić information content (AvgIpc) is 2.88. The van der Waals surface area contributed by atoms with Gasteiger partial charge in [0.15, 0.2) is 0 Å². The van der Waals surface area contributed by atoms with Crippen molar-refractivity contribution in [2.45, 2.75) is 17.7 Å². The predicted octanol–water partition coefficient (Wildman–Crippen LogP) is -0.240. The third-order valence-electron chi connectivity index (χ3n) is 3.30. The fourth-order valence-corrected chi connectivity index (χ4v) is 3.78. The number of aliphatic hydroxyl groups excluding tert-OH is 1. The second kappa shape index (κ2) is 5.83. The van der Waals surface area contributed by atoms with Crippen LogP contribution in [0.5, 0.6) is 0 Å². The summed E-state index contributed by atoms with van der Waals surface area (Å²) in [6.45, 7) is 1.03. The van der Waals surface area contributed by atoms with E-state index in [1.807, 2.05) is 0 Å². The van der Waals surface area contributed by atoms with Gasteiger partial charge >= 0.3 is 0 Å². The van der Waals surface area contributed by atoms with Crippen LogP contribution in [0, 0.1) is 5.92 Å². The third-order valence-corrected chi connectivity index (χ3v) is 5.16. The Labute approximate surface area is 112 Å². The van der Waals surface area contributed by atoms with Crippen molar-refractivity contribution in [1.29, 1.82) is 0 Å². The zero-order valence-corrected chi connectivity index (χ0v) is 11.3. The Balaban J connectivity index is 2.18. The maximum atomic E-state index is 12.4. The first-order chi connectivity index (χ1) is 9.07. The van der Waals surface area contributed by atoms with E-state index in [4.69, 9.17) is 10.9 Å². The van der Waals surface area contributed by atoms with Crippen LogP contribution in [0.3, 0.4) is 0 Å². The van der Waals surface area contributed by atoms with Crippen LogP contribution in [-0.4, -0.2) is 42.5 Å². The number of aliphatic hydroxyl groups is 1. The van der Waals surface area contributed by atoms with Gasteiger partial charge < -0.3 is 10.5 Å². The second-order valence-corrected chi connectivity index (χ2v) is 6.49. The molecular weight excluding hydrogens is 268 g/mol. The maximum Gasteiger partial charge on any atom is 0.243 e. The molecule has 19 heavy (non-hydrogen) atoms. The van der Waals surface area contributed by atoms with Crippen LogP contribution in [0.1, 0.15) is 12.8 Å². The van der Waals surface area contributed by atoms with Crippen molar-refractivity contribution < 1.29 is 13.5 Å². The van der Waals surface area contributed by atoms with Gasteiger partial charge in [-0.1, -0.05) is 0 Å². The molecule has 2 heterocycles. The topological polar surface area (TPSA) is 109 Å². The largest absolute Gasteiger partial charge is 0.396 e. The van der Waals surface area contributed by atoms with E-state index in [1.165, 1.54) is 22.6 Å². The zero-order chi connectivity index (χ0) is 13.9. The average molecular weight is 286 g/mol. The lowest BCUT2D eigenvalue weighted by Crippen LogP contribution is -2.29. The maximum absolute atomic E-state index is 12.4. The van der Waals surface area contributed by atoms with E-state index < -0.39 is 10.0 Å². The van der Waals surface area contributed by atoms with Crippen LogP contribution in [0.25, 0.3) is 0 Å². The van der Waals surface area contributed by atoms with E-state index in [-0.39, 0.29) is 17.4 Å². The van der Waals surface area contributed by atoms with Crippen molar-refractivity contribution >= 4 is 15.8 Å². The minimum Gasteiger partial charge on any atom is -0.396 e. The minimum absolute atomic E-state index is 0.0923. The summed E-state index contributed by atoms with van der Waals surface area (Å²) in [5.41, 5.74) is 2.33. The van der Waals surface area contributed by atoms with Gasteiger partial charge in [-0.25, -0.2) is 19.2 Å². The van der Waals surface area contributed by atoms with Crippen molar-refractivity contribution in [2.24, 2.45) is 11.8 Å². The molecule has 1 aliphatic heterocycles. The number of nitrogens with two attached hydrogens (primary N) is 1. The normalized spacial score (nSPS) is 20.6. The summed E-state index contributed by atoms with van der Waals surface area (Å²) in [5, 5.41) is 8.90. The predicted molar refractivity (Wildman–Crippen MR) is 70.6 cm³/mol. The SMILES string of the molecule is NNc1cc(S(=O)(=O)N2CCC(CCO)C2)ccn1. The molecule has 8 heteroatoms. The molecule has 1 aromatic heterocycles. The summed E-state index contributed by atoms with van der Waals surface area (Å²) in [4.78, 5) is 4.07. The molecule has 1 fully saturated rings. The number of sulfonamides is 1. The number of hydrazine groups is 1. The molecule has 7 nitrogen and oxygen atoms in total. The van der Waals surface area contributed by atoms with Crippen molar-refractivity contribution in [2.75, 3.05) is 25.1 Å². The van der Waals surface area contributed by atoms with Gasteiger partial charge in [-0.2, -0.15) is 4.31 Å². The Morgan fingerprint density at radius 3 is 3.05 bits per heavy atom. The molecular formula is C11H18N4O3S. The lowest BCUT2D eigenvalue weighted by atomic mass is 10.1. The number of nitrogen functional groups attached to an aromatic ring is 1. The second-order valence-electron chi connectivity index (χ2n) is 4.55. The van der Waals surface area contributed by atoms with Gasteiger partial charge in [0, 0.05) is 32.0 Å². The lowest BCUT2D eigenvalue weighted by Gasteiger charge is -2.16. The highest BCUT2D eigenvalue weighted by atomic mass is 32.2. The molecule has 0 radical (unpaired) electrons. The summed E-state index contributed by atoms with van der Waals surface area (Å²) in [7, 11) is -3.51. The molecule has 1 aromatic rings. The highest BCUT2D eigenvalue weighted by Crippen LogP contribution is 2.26. The number of nitrogens with one attached hydrogen (secondary N) is 1. The van der Waals surface area contributed by atoms with Crippen molar-refractivity contribution in [3.63, 3.8) is 0 Å². The van der Waals surface area contributed by atoms with Gasteiger partial charge in [-0.15, -0.1) is 0 Å². The quantitative estimate of drug-likeness (QED) is 0.509. The summed E-state index contributed by atoms with van der Waals surface area (Å²) < 4.78 is 26.3. The molecule has 0 bridgehead atoms. The Bertz CT molecular complexity index is 534. The van der Waals surface area contributed by atoms with E-state index >= 15 is 0 Å². The number of hydrogen-bond donors (Lipinski definition) is 3. The molecule has 0 aliphatic carbocycles. The van der Waals surface area contributed by atoms with Crippen LogP contribution >= 0.6 is 0 Å². The fourth-order valence-electron chi connectivity index (χ4n) is 2.23. The Morgan fingerprint density at radius 2 is 2.37 bits per heavy atom. The first-order valence-electron chi connectivity index (χ1n) is 6.11. The van der Waals surface area contributed by atoms with Crippen molar-refractivity contribution in [3.05, 3.63) is 18.3 Å². The summed E-state index contributed by atoms with van der Waals surface area (Å²) in [6, 6.07) is 2.87. The van der Waals surface area contributed by atoms with Crippen LogP contribution in [0.2, 0.25) is 0 Å². The molecule has 0 saturated carbocycles. The number of anilines is 1. The molecule has 0 amide bonds. The van der Waals surface area contributed by atoms with E-state index in [2.05, 4.69) is 10.4 Å². The molecule has 0 spiro atoms. The lowest BCUT2D eigenvalue weighted by molar-refractivity contribution is 0.259. The Kier molecular flexibility index (Phi) is 4.35. The molecule has 1 aliphatic rings. The van der Waals surface area contributed by atoms with Gasteiger partial charge in [0.05, 0.1) is 4.90 Å². The van der Waals surface area contributed by atoms with Crippen LogP contribution in [0.4, 0.5) is 5.82 Å². The standard InChI is InChI=1S/C11H18N4O3S/c12-14-11-7-10(1-4-13-11)19(17,18)15-5-2-9(8-15)3-6-16/h1,4,7,9,16H,2-3,5-6,8,12H2,(H,13,14). The summed E-state index contributed by atoms with van der Waals surface area (Å²) in [6.07, 6.45) is 2.83. The molecule has 0 aromatic carbocycles. The molecule has 1 unspecified atom stereocenters. The number of pyridine rings is 1. The van der Waals surface area contributed by atoms with Crippen molar-refractivity contribution in [1.82, 2.24) is 9.29 Å². The zero-order valence-electron chi connectivity index (χ0n) is 10.5. The number of hydrogen-bond acceptors (Lipinski definition) is 6. The molecule has 1 atom stereocenters. The molecule has 4 N–H and O–H groups in total. The first kappa shape index (κ1) is 14.2. The highest BCUT2D eigenvalue weighted by Gasteiger charge is 2.32. The van der Waals surface area contributed by atoms with Crippen LogP contribution in [0.15, 0.2) is 23.2 Å². The van der Waals surface area contributed by atoms with Gasteiger partial charge in [-0.3, -0.25) is 0 Å². The monoisotopic (exact) mass is 286 g/mol. The Morgan fingerprint density at radius 1 is 1.58 bits per heavy atom. The molecule has 1 saturated heterocycles. The number of nitrogens with zero attached hydrogens (tertiary/aromatic N) is 2. The van der Waals surface area contributed by atoms with Gasteiger partial charge in [-0.05, 0) is 24.8 Å². The molecule has 2 rings (SSSR count). The highest BCUT2D eigenvalue weighted by molar-refractivity contribution is 7.89. The minimum atomic E-state index is -3.51. The van der Waals surface area contributed by atoms with Crippen LogP contribution < -0.4 is 11.3 Å². The smallest absolute Gasteiger partial charge is 0.243 e. The van der Waals surface area contributed by atoms with Crippen LogP contribution in [-0.2, 0) is 10.0 Å². The van der Waals surface area contributed by atoms with Crippen molar-refractivity contribution in [3.8, 4) is 0 Å². The first-order valence-corrected chi connectivity index (χ1v) is 7.55. The van der Waals surface area contributed by atoms with Gasteiger partial charge in [0.1, 0.15) is 5.82 Å². The van der Waals surface area contributed by atoms with E-state index in [1.54, 1.807) is 0 Å². The van der Waals surface area contributed by atoms with E-state index in [9.17, 15) is 8.42 Å². The number of rotatable bonds is 5. The fraction of sp³-hybridized carbons (Fsp3) is 0.545. The molecule has 106 valence electrons. The number of aromatic nitrogens is 1. The van der Waals surface area contributed by atoms with Gasteiger partial charge in [0.2, 0.25) is 10.0 Å². The Hall–Kier alpha value is -1.22. The summed E-state index contributed by atoms with van der Waals surface area (Å²) >= 11 is 0. The van der Waals surface area contributed by atoms with E-state index in [0.29, 0.717) is 25.3 Å². The third kappa shape index (κ3) is 3.03.